The van der Waals surface area contributed by atoms with Gasteiger partial charge in [0.05, 0.1) is 23.5 Å². The molecule has 14 nitrogen and oxygen atoms in total. The molecule has 248 valence electrons. The number of anilines is 2. The average molecular weight is 655 g/mol. The molecular weight excluding hydrogens is 621 g/mol. The zero-order valence-corrected chi connectivity index (χ0v) is 25.5. The summed E-state index contributed by atoms with van der Waals surface area (Å²) in [6.07, 6.45) is 2.58. The van der Waals surface area contributed by atoms with Gasteiger partial charge in [-0.25, -0.2) is 9.97 Å². The van der Waals surface area contributed by atoms with Crippen molar-refractivity contribution in [1.29, 1.82) is 5.26 Å². The van der Waals surface area contributed by atoms with Gasteiger partial charge in [-0.3, -0.25) is 23.5 Å². The van der Waals surface area contributed by atoms with E-state index < -0.39 is 17.9 Å². The second-order valence-electron chi connectivity index (χ2n) is 10.7. The van der Waals surface area contributed by atoms with Gasteiger partial charge < -0.3 is 26.4 Å². The maximum absolute atomic E-state index is 13.8. The van der Waals surface area contributed by atoms with E-state index in [1.165, 1.54) is 23.0 Å². The second kappa shape index (κ2) is 14.7. The Morgan fingerprint density at radius 1 is 1.26 bits per heavy atom. The number of nitriles is 1. The van der Waals surface area contributed by atoms with Crippen molar-refractivity contribution in [2.45, 2.75) is 57.9 Å². The van der Waals surface area contributed by atoms with Crippen molar-refractivity contribution in [2.24, 2.45) is 5.73 Å². The zero-order valence-electron chi connectivity index (χ0n) is 25.5. The highest BCUT2D eigenvalue weighted by atomic mass is 19.4. The lowest BCUT2D eigenvalue weighted by Gasteiger charge is -2.32. The number of carbonyl (C=O) groups is 3. The molecular formula is C30H33F3N10O4. The van der Waals surface area contributed by atoms with Crippen molar-refractivity contribution in [2.75, 3.05) is 18.4 Å². The first-order valence-electron chi connectivity index (χ1n) is 14.6. The molecule has 4 aromatic rings. The van der Waals surface area contributed by atoms with Crippen molar-refractivity contribution in [3.63, 3.8) is 0 Å². The maximum atomic E-state index is 13.8. The average Bonchev–Trinajstić information content (AvgIpc) is 3.66. The Bertz CT molecular complexity index is 1790. The molecule has 0 unspecified atom stereocenters. The Hall–Kier alpha value is -5.50. The first-order valence-corrected chi connectivity index (χ1v) is 14.6. The fraction of sp³-hybridized carbons (Fsp3) is 0.367. The third-order valence-corrected chi connectivity index (χ3v) is 7.53. The Labute approximate surface area is 267 Å². The van der Waals surface area contributed by atoms with Crippen LogP contribution in [-0.2, 0) is 28.7 Å². The van der Waals surface area contributed by atoms with E-state index in [-0.39, 0.29) is 53.6 Å². The molecule has 4 heterocycles. The van der Waals surface area contributed by atoms with E-state index in [0.29, 0.717) is 36.3 Å². The molecule has 1 saturated heterocycles. The number of rotatable bonds is 8. The summed E-state index contributed by atoms with van der Waals surface area (Å²) in [4.78, 5) is 44.7. The van der Waals surface area contributed by atoms with Crippen LogP contribution in [0.25, 0.3) is 16.9 Å². The summed E-state index contributed by atoms with van der Waals surface area (Å²) in [5.74, 6) is -0.255. The third-order valence-electron chi connectivity index (χ3n) is 7.53. The number of aromatic nitrogens is 5. The number of nitrogens with one attached hydrogen (secondary N) is 2. The van der Waals surface area contributed by atoms with Crippen LogP contribution in [0.1, 0.15) is 48.3 Å². The van der Waals surface area contributed by atoms with Gasteiger partial charge in [0.2, 0.25) is 5.91 Å². The highest BCUT2D eigenvalue weighted by Gasteiger charge is 2.38. The second-order valence-corrected chi connectivity index (χ2v) is 10.7. The van der Waals surface area contributed by atoms with Crippen LogP contribution in [0.4, 0.5) is 24.7 Å². The lowest BCUT2D eigenvalue weighted by molar-refractivity contribution is -0.141. The zero-order chi connectivity index (χ0) is 34.3. The van der Waals surface area contributed by atoms with Crippen molar-refractivity contribution < 1.29 is 32.7 Å². The number of carboxylic acid groups (broad SMARTS) is 1. The molecule has 1 fully saturated rings. The van der Waals surface area contributed by atoms with Crippen LogP contribution in [0.2, 0.25) is 0 Å². The van der Waals surface area contributed by atoms with Crippen LogP contribution in [0, 0.1) is 11.3 Å². The molecule has 1 aliphatic heterocycles. The van der Waals surface area contributed by atoms with Crippen molar-refractivity contribution in [3.8, 4) is 17.3 Å². The molecule has 17 heteroatoms. The minimum Gasteiger partial charge on any atom is -0.483 e. The van der Waals surface area contributed by atoms with Crippen molar-refractivity contribution >= 4 is 35.4 Å². The Morgan fingerprint density at radius 3 is 2.60 bits per heavy atom. The van der Waals surface area contributed by atoms with Crippen LogP contribution in [0.15, 0.2) is 43.0 Å². The predicted octanol–water partition coefficient (Wildman–Crippen LogP) is 3.21. The molecule has 1 aliphatic rings. The van der Waals surface area contributed by atoms with E-state index in [0.717, 1.165) is 23.7 Å². The van der Waals surface area contributed by atoms with Gasteiger partial charge in [0.1, 0.15) is 12.6 Å². The summed E-state index contributed by atoms with van der Waals surface area (Å²) in [7, 11) is 0. The SMILES string of the molecule is CCc1cc(Nc2nccn3c(-c4cn(CC#N)nc4C(F)(F)F)cnc23)ccc1C(=O)N[C@H](C)C(=O)N1CCC(N)CC1.O=CO. The van der Waals surface area contributed by atoms with E-state index in [1.54, 1.807) is 36.1 Å². The molecule has 1 atom stereocenters. The fourth-order valence-electron chi connectivity index (χ4n) is 5.23. The first kappa shape index (κ1) is 34.4. The number of carbonyl (C=O) groups excluding carboxylic acids is 2. The number of amides is 2. The first-order chi connectivity index (χ1) is 22.4. The Balaban J connectivity index is 0.00000160. The molecule has 3 aromatic heterocycles. The number of nitrogens with zero attached hydrogens (tertiary/aromatic N) is 7. The van der Waals surface area contributed by atoms with Crippen molar-refractivity contribution in [3.05, 3.63) is 59.8 Å². The summed E-state index contributed by atoms with van der Waals surface area (Å²) in [5, 5.41) is 25.3. The molecule has 5 rings (SSSR count). The summed E-state index contributed by atoms with van der Waals surface area (Å²) >= 11 is 0. The van der Waals surface area contributed by atoms with Crippen LogP contribution < -0.4 is 16.4 Å². The van der Waals surface area contributed by atoms with Gasteiger partial charge in [0.15, 0.2) is 17.2 Å². The summed E-state index contributed by atoms with van der Waals surface area (Å²) in [5.41, 5.74) is 6.68. The number of imidazole rings is 1. The predicted molar refractivity (Wildman–Crippen MR) is 163 cm³/mol. The molecule has 1 aromatic carbocycles. The molecule has 0 bridgehead atoms. The minimum atomic E-state index is -4.74. The topological polar surface area (TPSA) is 197 Å². The number of likely N-dealkylation sites (tertiary alicyclic amines) is 1. The van der Waals surface area contributed by atoms with E-state index >= 15 is 0 Å². The van der Waals surface area contributed by atoms with Gasteiger partial charge in [0.25, 0.3) is 12.4 Å². The Kier molecular flexibility index (Phi) is 10.8. The molecule has 0 saturated carbocycles. The number of piperidine rings is 1. The van der Waals surface area contributed by atoms with Crippen LogP contribution in [-0.4, -0.2) is 77.6 Å². The summed E-state index contributed by atoms with van der Waals surface area (Å²) in [6.45, 7) is 4.09. The minimum absolute atomic E-state index is 0.0865. The number of fused-ring (bicyclic) bond motifs is 1. The van der Waals surface area contributed by atoms with E-state index in [2.05, 4.69) is 25.7 Å². The van der Waals surface area contributed by atoms with Gasteiger partial charge in [-0.05, 0) is 49.9 Å². The third kappa shape index (κ3) is 7.84. The number of halogens is 3. The molecule has 5 N–H and O–H groups in total. The molecule has 47 heavy (non-hydrogen) atoms. The molecule has 2 amide bonds. The van der Waals surface area contributed by atoms with Gasteiger partial charge in [0, 0.05) is 49.0 Å². The summed E-state index contributed by atoms with van der Waals surface area (Å²) < 4.78 is 43.7. The smallest absolute Gasteiger partial charge is 0.435 e. The van der Waals surface area contributed by atoms with Crippen molar-refractivity contribution in [1.82, 2.24) is 34.4 Å². The number of hydrogen-bond acceptors (Lipinski definition) is 9. The number of aryl methyl sites for hydroxylation is 1. The van der Waals surface area contributed by atoms with Crippen LogP contribution >= 0.6 is 0 Å². The highest BCUT2D eigenvalue weighted by Crippen LogP contribution is 2.37. The molecule has 0 aliphatic carbocycles. The standard InChI is InChI=1S/C29H31F3N10O2.CH2O2/c1-3-18-14-20(4-5-21(18)27(43)37-17(2)28(44)40-10-6-19(34)7-11-40)38-25-26-36-15-23(42(26)13-9-35-25)22-16-41(12-8-33)39-24(22)29(30,31)32;2-1-3/h4-5,9,13-17,19H,3,6-7,10-12,34H2,1-2H3,(H,35,38)(H,37,43);1H,(H,2,3)/t17-;/m1./s1. The van der Waals surface area contributed by atoms with E-state index in [4.69, 9.17) is 20.9 Å². The lowest BCUT2D eigenvalue weighted by Crippen LogP contribution is -2.51. The van der Waals surface area contributed by atoms with Gasteiger partial charge in [-0.15, -0.1) is 0 Å². The van der Waals surface area contributed by atoms with Gasteiger partial charge in [-0.1, -0.05) is 6.92 Å². The maximum Gasteiger partial charge on any atom is 0.435 e. The fourth-order valence-corrected chi connectivity index (χ4v) is 5.23. The van der Waals surface area contributed by atoms with Crippen LogP contribution in [0.3, 0.4) is 0 Å². The highest BCUT2D eigenvalue weighted by molar-refractivity contribution is 5.99. The normalized spacial score (nSPS) is 14.1. The number of hydrogen-bond donors (Lipinski definition) is 4. The van der Waals surface area contributed by atoms with Gasteiger partial charge in [-0.2, -0.15) is 23.5 Å². The number of nitrogens with two attached hydrogens (primary N) is 1. The number of benzene rings is 1. The largest absolute Gasteiger partial charge is 0.483 e. The van der Waals surface area contributed by atoms with Crippen LogP contribution in [0.5, 0.6) is 0 Å². The number of alkyl halides is 3. The lowest BCUT2D eigenvalue weighted by atomic mass is 10.0. The Morgan fingerprint density at radius 2 is 1.96 bits per heavy atom. The van der Waals surface area contributed by atoms with E-state index in [9.17, 15) is 22.8 Å². The quantitative estimate of drug-likeness (QED) is 0.205. The van der Waals surface area contributed by atoms with Gasteiger partial charge >= 0.3 is 6.18 Å². The summed E-state index contributed by atoms with van der Waals surface area (Å²) in [6, 6.07) is 6.26. The molecule has 0 radical (unpaired) electrons. The monoisotopic (exact) mass is 654 g/mol. The van der Waals surface area contributed by atoms with E-state index in [1.807, 2.05) is 6.92 Å². The molecule has 0 spiro atoms.